The zero-order valence-corrected chi connectivity index (χ0v) is 18.6. The first kappa shape index (κ1) is 21.5. The van der Waals surface area contributed by atoms with Crippen molar-refractivity contribution in [3.63, 3.8) is 0 Å². The number of nitrogens with one attached hydrogen (secondary N) is 1. The van der Waals surface area contributed by atoms with Gasteiger partial charge in [-0.05, 0) is 43.2 Å². The fourth-order valence-corrected chi connectivity index (χ4v) is 5.13. The van der Waals surface area contributed by atoms with Crippen LogP contribution in [-0.4, -0.2) is 36.0 Å². The Kier molecular flexibility index (Phi) is 6.93. The monoisotopic (exact) mass is 458 g/mol. The van der Waals surface area contributed by atoms with Gasteiger partial charge in [-0.2, -0.15) is 0 Å². The van der Waals surface area contributed by atoms with E-state index in [9.17, 15) is 9.59 Å². The van der Waals surface area contributed by atoms with Gasteiger partial charge in [-0.3, -0.25) is 9.59 Å². The van der Waals surface area contributed by atoms with Gasteiger partial charge in [0, 0.05) is 12.2 Å². The number of para-hydroxylation sites is 1. The van der Waals surface area contributed by atoms with Crippen LogP contribution in [0, 0.1) is 0 Å². The molecule has 3 aromatic rings. The van der Waals surface area contributed by atoms with Crippen molar-refractivity contribution < 1.29 is 23.8 Å². The molecule has 1 unspecified atom stereocenters. The van der Waals surface area contributed by atoms with Crippen LogP contribution in [0.1, 0.15) is 31.4 Å². The quantitative estimate of drug-likeness (QED) is 0.290. The van der Waals surface area contributed by atoms with Crippen LogP contribution < -0.4 is 14.8 Å². The van der Waals surface area contributed by atoms with E-state index in [0.29, 0.717) is 17.9 Å². The molecule has 1 atom stereocenters. The van der Waals surface area contributed by atoms with Gasteiger partial charge in [-0.25, -0.2) is 4.98 Å². The molecule has 0 saturated carbocycles. The molecule has 1 aliphatic rings. The Balaban J connectivity index is 1.13. The van der Waals surface area contributed by atoms with Gasteiger partial charge >= 0.3 is 5.97 Å². The first-order chi connectivity index (χ1) is 15.1. The summed E-state index contributed by atoms with van der Waals surface area (Å²) >= 11 is 3.28. The lowest BCUT2D eigenvalue weighted by molar-refractivity contribution is -0.148. The molecule has 0 radical (unpaired) electrons. The minimum absolute atomic E-state index is 0.203. The Hall–Kier alpha value is -2.78. The van der Waals surface area contributed by atoms with Crippen molar-refractivity contribution in [3.8, 4) is 11.5 Å². The topological polar surface area (TPSA) is 86.8 Å². The number of fused-ring (bicyclic) bond motifs is 2. The number of esters is 1. The van der Waals surface area contributed by atoms with Gasteiger partial charge in [0.2, 0.25) is 6.79 Å². The highest BCUT2D eigenvalue weighted by Gasteiger charge is 2.17. The zero-order chi connectivity index (χ0) is 21.6. The molecule has 1 aromatic heterocycles. The summed E-state index contributed by atoms with van der Waals surface area (Å²) in [4.78, 5) is 28.6. The number of carbonyl (C=O) groups excluding carboxylic acids is 2. The predicted octanol–water partition coefficient (Wildman–Crippen LogP) is 4.32. The van der Waals surface area contributed by atoms with E-state index < -0.39 is 0 Å². The van der Waals surface area contributed by atoms with E-state index in [-0.39, 0.29) is 37.7 Å². The number of aromatic nitrogens is 1. The number of amides is 1. The second-order valence-electron chi connectivity index (χ2n) is 6.96. The van der Waals surface area contributed by atoms with E-state index in [1.165, 1.54) is 0 Å². The lowest BCUT2D eigenvalue weighted by Crippen LogP contribution is -2.31. The fourth-order valence-electron chi connectivity index (χ4n) is 3.06. The molecule has 4 rings (SSSR count). The Morgan fingerprint density at radius 1 is 1.23 bits per heavy atom. The average molecular weight is 459 g/mol. The molecule has 2 aromatic carbocycles. The molecule has 9 heteroatoms. The number of rotatable bonds is 9. The first-order valence-electron chi connectivity index (χ1n) is 9.91. The summed E-state index contributed by atoms with van der Waals surface area (Å²) in [5.41, 5.74) is 1.88. The maximum absolute atomic E-state index is 12.1. The van der Waals surface area contributed by atoms with Crippen LogP contribution in [0.5, 0.6) is 11.5 Å². The number of thioether (sulfide) groups is 1. The van der Waals surface area contributed by atoms with E-state index in [0.717, 1.165) is 25.9 Å². The molecule has 0 saturated heterocycles. The molecule has 2 heterocycles. The first-order valence-corrected chi connectivity index (χ1v) is 11.7. The van der Waals surface area contributed by atoms with Crippen LogP contribution in [0.3, 0.4) is 0 Å². The zero-order valence-electron chi connectivity index (χ0n) is 17.0. The van der Waals surface area contributed by atoms with E-state index in [4.69, 9.17) is 14.2 Å². The van der Waals surface area contributed by atoms with Crippen LogP contribution >= 0.6 is 23.1 Å². The molecular weight excluding hydrogens is 436 g/mol. The van der Waals surface area contributed by atoms with Gasteiger partial charge in [-0.15, -0.1) is 11.3 Å². The lowest BCUT2D eigenvalue weighted by Gasteiger charge is -2.15. The SMILES string of the molecule is CC(NC(=O)COC(=O)CCCSc1nc2ccccc2s1)c1ccc2c(c1)OCO2. The number of carbonyl (C=O) groups is 2. The van der Waals surface area contributed by atoms with E-state index >= 15 is 0 Å². The molecule has 0 spiro atoms. The molecule has 0 aliphatic carbocycles. The highest BCUT2D eigenvalue weighted by molar-refractivity contribution is 8.01. The predicted molar refractivity (Wildman–Crippen MR) is 120 cm³/mol. The molecule has 0 fully saturated rings. The van der Waals surface area contributed by atoms with Crippen LogP contribution in [0.25, 0.3) is 10.2 Å². The van der Waals surface area contributed by atoms with E-state index in [2.05, 4.69) is 10.3 Å². The van der Waals surface area contributed by atoms with Gasteiger partial charge in [0.1, 0.15) is 0 Å². The normalized spacial score (nSPS) is 13.2. The summed E-state index contributed by atoms with van der Waals surface area (Å²) in [5.74, 6) is 1.40. The maximum Gasteiger partial charge on any atom is 0.306 e. The molecule has 31 heavy (non-hydrogen) atoms. The van der Waals surface area contributed by atoms with Gasteiger partial charge < -0.3 is 19.5 Å². The minimum Gasteiger partial charge on any atom is -0.456 e. The highest BCUT2D eigenvalue weighted by atomic mass is 32.2. The van der Waals surface area contributed by atoms with Gasteiger partial charge in [0.25, 0.3) is 5.91 Å². The summed E-state index contributed by atoms with van der Waals surface area (Å²) in [6.45, 7) is 1.77. The Bertz CT molecular complexity index is 1050. The van der Waals surface area contributed by atoms with Crippen molar-refractivity contribution in [1.82, 2.24) is 10.3 Å². The molecular formula is C22H22N2O5S2. The molecule has 1 amide bonds. The van der Waals surface area contributed by atoms with Crippen LogP contribution in [0.4, 0.5) is 0 Å². The number of nitrogens with zero attached hydrogens (tertiary/aromatic N) is 1. The molecule has 1 N–H and O–H groups in total. The van der Waals surface area contributed by atoms with Crippen LogP contribution in [-0.2, 0) is 14.3 Å². The lowest BCUT2D eigenvalue weighted by atomic mass is 10.1. The highest BCUT2D eigenvalue weighted by Crippen LogP contribution is 2.34. The van der Waals surface area contributed by atoms with Crippen molar-refractivity contribution in [2.75, 3.05) is 19.2 Å². The number of hydrogen-bond donors (Lipinski definition) is 1. The van der Waals surface area contributed by atoms with Gasteiger partial charge in [-0.1, -0.05) is 30.0 Å². The maximum atomic E-state index is 12.1. The van der Waals surface area contributed by atoms with Gasteiger partial charge in [0.05, 0.1) is 16.3 Å². The summed E-state index contributed by atoms with van der Waals surface area (Å²) < 4.78 is 17.9. The molecule has 162 valence electrons. The van der Waals surface area contributed by atoms with Crippen LogP contribution in [0.2, 0.25) is 0 Å². The van der Waals surface area contributed by atoms with E-state index in [1.54, 1.807) is 23.1 Å². The number of thiazole rings is 1. The molecule has 7 nitrogen and oxygen atoms in total. The largest absolute Gasteiger partial charge is 0.456 e. The second-order valence-corrected chi connectivity index (χ2v) is 9.33. The average Bonchev–Trinajstić information content (AvgIpc) is 3.41. The fraction of sp³-hybridized carbons (Fsp3) is 0.318. The number of hydrogen-bond acceptors (Lipinski definition) is 8. The molecule has 0 bridgehead atoms. The Morgan fingerprint density at radius 3 is 2.94 bits per heavy atom. The number of ether oxygens (including phenoxy) is 3. The van der Waals surface area contributed by atoms with Crippen molar-refractivity contribution in [3.05, 3.63) is 48.0 Å². The smallest absolute Gasteiger partial charge is 0.306 e. The summed E-state index contributed by atoms with van der Waals surface area (Å²) in [7, 11) is 0. The molecule has 1 aliphatic heterocycles. The third-order valence-electron chi connectivity index (χ3n) is 4.66. The van der Waals surface area contributed by atoms with Gasteiger partial charge in [0.15, 0.2) is 22.4 Å². The third-order valence-corrected chi connectivity index (χ3v) is 6.93. The van der Waals surface area contributed by atoms with Crippen molar-refractivity contribution in [2.45, 2.75) is 30.1 Å². The third kappa shape index (κ3) is 5.68. The minimum atomic E-state index is -0.379. The number of benzene rings is 2. The van der Waals surface area contributed by atoms with E-state index in [1.807, 2.05) is 49.4 Å². The Morgan fingerprint density at radius 2 is 2.06 bits per heavy atom. The van der Waals surface area contributed by atoms with Crippen molar-refractivity contribution in [1.29, 1.82) is 0 Å². The van der Waals surface area contributed by atoms with Crippen LogP contribution in [0.15, 0.2) is 46.8 Å². The Labute approximate surface area is 188 Å². The van der Waals surface area contributed by atoms with Crippen molar-refractivity contribution >= 4 is 45.2 Å². The standard InChI is InChI=1S/C22H22N2O5S2/c1-14(15-8-9-17-18(11-15)29-13-28-17)23-20(25)12-27-21(26)7-4-10-30-22-24-16-5-2-3-6-19(16)31-22/h2-3,5-6,8-9,11,14H,4,7,10,12-13H2,1H3,(H,23,25). The summed E-state index contributed by atoms with van der Waals surface area (Å²) in [6.07, 6.45) is 0.928. The van der Waals surface area contributed by atoms with Crippen molar-refractivity contribution in [2.24, 2.45) is 0 Å². The summed E-state index contributed by atoms with van der Waals surface area (Å²) in [5, 5.41) is 2.82. The second kappa shape index (κ2) is 10.0. The summed E-state index contributed by atoms with van der Waals surface area (Å²) in [6, 6.07) is 13.3.